The number of hydrogen-bond acceptors (Lipinski definition) is 4. The Balaban J connectivity index is 1.92. The van der Waals surface area contributed by atoms with Crippen LogP contribution in [0.25, 0.3) is 0 Å². The van der Waals surface area contributed by atoms with Gasteiger partial charge in [-0.15, -0.1) is 0 Å². The fourth-order valence-corrected chi connectivity index (χ4v) is 2.75. The van der Waals surface area contributed by atoms with Crippen molar-refractivity contribution in [3.05, 3.63) is 52.5 Å². The maximum absolute atomic E-state index is 12.4. The lowest BCUT2D eigenvalue weighted by atomic mass is 10.2. The number of rotatable bonds is 7. The third-order valence-corrected chi connectivity index (χ3v) is 4.52. The molecule has 0 aliphatic rings. The monoisotopic (exact) mass is 409 g/mol. The molecule has 6 nitrogen and oxygen atoms in total. The molecule has 0 aliphatic carbocycles. The van der Waals surface area contributed by atoms with E-state index < -0.39 is 6.04 Å². The van der Waals surface area contributed by atoms with E-state index in [1.54, 1.807) is 68.4 Å². The second-order valence-corrected chi connectivity index (χ2v) is 6.83. The van der Waals surface area contributed by atoms with Crippen LogP contribution in [0.1, 0.15) is 6.92 Å². The summed E-state index contributed by atoms with van der Waals surface area (Å²) >= 11 is 11.9. The van der Waals surface area contributed by atoms with E-state index in [1.807, 2.05) is 0 Å². The minimum absolute atomic E-state index is 0.0418. The Morgan fingerprint density at radius 2 is 1.89 bits per heavy atom. The molecule has 8 heteroatoms. The average Bonchev–Trinajstić information content (AvgIpc) is 2.63. The highest BCUT2D eigenvalue weighted by atomic mass is 35.5. The van der Waals surface area contributed by atoms with Gasteiger partial charge in [0.05, 0.1) is 30.4 Å². The van der Waals surface area contributed by atoms with Crippen LogP contribution in [-0.2, 0) is 9.59 Å². The molecule has 2 aromatic rings. The highest BCUT2D eigenvalue weighted by Gasteiger charge is 2.21. The number of nitrogens with one attached hydrogen (secondary N) is 2. The van der Waals surface area contributed by atoms with Crippen LogP contribution < -0.4 is 15.4 Å². The second kappa shape index (κ2) is 9.60. The summed E-state index contributed by atoms with van der Waals surface area (Å²) in [6.45, 7) is 1.75. The lowest BCUT2D eigenvalue weighted by molar-refractivity contribution is -0.122. The predicted molar refractivity (Wildman–Crippen MR) is 109 cm³/mol. The Labute approximate surface area is 168 Å². The number of carbonyl (C=O) groups is 2. The van der Waals surface area contributed by atoms with Gasteiger partial charge in [0.1, 0.15) is 5.75 Å². The van der Waals surface area contributed by atoms with Gasteiger partial charge in [0.25, 0.3) is 0 Å². The van der Waals surface area contributed by atoms with Gasteiger partial charge < -0.3 is 15.4 Å². The number of amides is 2. The van der Waals surface area contributed by atoms with Crippen molar-refractivity contribution in [2.24, 2.45) is 0 Å². The van der Waals surface area contributed by atoms with E-state index in [-0.39, 0.29) is 18.4 Å². The third-order valence-electron chi connectivity index (χ3n) is 3.98. The van der Waals surface area contributed by atoms with E-state index in [9.17, 15) is 9.59 Å². The molecular formula is C19H21Cl2N3O3. The van der Waals surface area contributed by atoms with Crippen molar-refractivity contribution in [1.29, 1.82) is 0 Å². The quantitative estimate of drug-likeness (QED) is 0.727. The Morgan fingerprint density at radius 3 is 2.56 bits per heavy atom. The fraction of sp³-hybridized carbons (Fsp3) is 0.263. The Kier molecular flexibility index (Phi) is 7.47. The summed E-state index contributed by atoms with van der Waals surface area (Å²) in [6, 6.07) is 11.3. The predicted octanol–water partition coefficient (Wildman–Crippen LogP) is 3.90. The first-order chi connectivity index (χ1) is 12.8. The van der Waals surface area contributed by atoms with Crippen LogP contribution in [0.15, 0.2) is 42.5 Å². The zero-order valence-electron chi connectivity index (χ0n) is 15.3. The van der Waals surface area contributed by atoms with Crippen LogP contribution in [0, 0.1) is 0 Å². The van der Waals surface area contributed by atoms with Gasteiger partial charge in [-0.1, -0.05) is 29.3 Å². The number of benzene rings is 2. The van der Waals surface area contributed by atoms with Crippen LogP contribution in [0.4, 0.5) is 11.4 Å². The van der Waals surface area contributed by atoms with Gasteiger partial charge in [-0.25, -0.2) is 0 Å². The summed E-state index contributed by atoms with van der Waals surface area (Å²) in [5, 5.41) is 6.35. The molecule has 144 valence electrons. The minimum Gasteiger partial charge on any atom is -0.497 e. The first-order valence-corrected chi connectivity index (χ1v) is 8.96. The van der Waals surface area contributed by atoms with Gasteiger partial charge in [0.15, 0.2) is 0 Å². The third kappa shape index (κ3) is 6.13. The van der Waals surface area contributed by atoms with Crippen LogP contribution >= 0.6 is 23.2 Å². The highest BCUT2D eigenvalue weighted by Crippen LogP contribution is 2.25. The lowest BCUT2D eigenvalue weighted by Gasteiger charge is -2.23. The maximum Gasteiger partial charge on any atom is 0.241 e. The number of hydrogen-bond donors (Lipinski definition) is 2. The van der Waals surface area contributed by atoms with Crippen molar-refractivity contribution in [2.45, 2.75) is 13.0 Å². The Hall–Kier alpha value is -2.28. The molecule has 2 rings (SSSR count). The molecule has 2 amide bonds. The van der Waals surface area contributed by atoms with Crippen LogP contribution in [0.3, 0.4) is 0 Å². The van der Waals surface area contributed by atoms with Gasteiger partial charge in [-0.05, 0) is 44.3 Å². The zero-order chi connectivity index (χ0) is 20.0. The summed E-state index contributed by atoms with van der Waals surface area (Å²) in [4.78, 5) is 26.3. The van der Waals surface area contributed by atoms with Gasteiger partial charge in [-0.2, -0.15) is 0 Å². The number of ether oxygens (including phenoxy) is 1. The molecule has 0 saturated carbocycles. The van der Waals surface area contributed by atoms with Gasteiger partial charge in [0.2, 0.25) is 11.8 Å². The smallest absolute Gasteiger partial charge is 0.241 e. The van der Waals surface area contributed by atoms with E-state index in [0.29, 0.717) is 27.2 Å². The lowest BCUT2D eigenvalue weighted by Crippen LogP contribution is -2.43. The van der Waals surface area contributed by atoms with Crippen molar-refractivity contribution < 1.29 is 14.3 Å². The number of halogens is 2. The molecule has 0 spiro atoms. The summed E-state index contributed by atoms with van der Waals surface area (Å²) in [6.07, 6.45) is 0. The van der Waals surface area contributed by atoms with Crippen LogP contribution in [0.5, 0.6) is 5.75 Å². The molecule has 2 N–H and O–H groups in total. The highest BCUT2D eigenvalue weighted by molar-refractivity contribution is 6.36. The first kappa shape index (κ1) is 21.0. The molecule has 0 radical (unpaired) electrons. The van der Waals surface area contributed by atoms with Crippen molar-refractivity contribution in [3.8, 4) is 5.75 Å². The van der Waals surface area contributed by atoms with E-state index in [1.165, 1.54) is 0 Å². The molecule has 27 heavy (non-hydrogen) atoms. The van der Waals surface area contributed by atoms with E-state index in [4.69, 9.17) is 27.9 Å². The minimum atomic E-state index is -0.548. The molecular weight excluding hydrogens is 389 g/mol. The molecule has 0 aliphatic heterocycles. The Bertz CT molecular complexity index is 830. The number of likely N-dealkylation sites (N-methyl/N-ethyl adjacent to an activating group) is 1. The van der Waals surface area contributed by atoms with Crippen LogP contribution in [0.2, 0.25) is 10.0 Å². The number of anilines is 2. The average molecular weight is 410 g/mol. The summed E-state index contributed by atoms with van der Waals surface area (Å²) < 4.78 is 5.13. The maximum atomic E-state index is 12.4. The normalized spacial score (nSPS) is 11.8. The number of methoxy groups -OCH3 is 1. The molecule has 0 heterocycles. The van der Waals surface area contributed by atoms with Crippen LogP contribution in [-0.4, -0.2) is 43.5 Å². The number of nitrogens with zero attached hydrogens (tertiary/aromatic N) is 1. The van der Waals surface area contributed by atoms with E-state index in [2.05, 4.69) is 10.6 Å². The first-order valence-electron chi connectivity index (χ1n) is 8.20. The summed E-state index contributed by atoms with van der Waals surface area (Å²) in [5.41, 5.74) is 1.09. The largest absolute Gasteiger partial charge is 0.497 e. The zero-order valence-corrected chi connectivity index (χ0v) is 16.8. The van der Waals surface area contributed by atoms with Gasteiger partial charge in [0, 0.05) is 16.8 Å². The van der Waals surface area contributed by atoms with E-state index in [0.717, 1.165) is 0 Å². The number of carbonyl (C=O) groups excluding carboxylic acids is 2. The van der Waals surface area contributed by atoms with E-state index >= 15 is 0 Å². The van der Waals surface area contributed by atoms with Crippen molar-refractivity contribution in [2.75, 3.05) is 31.3 Å². The SMILES string of the molecule is COc1cccc(NC(=O)CN(C)[C@H](C)C(=O)Nc2ccc(Cl)cc2Cl)c1. The molecule has 2 aromatic carbocycles. The van der Waals surface area contributed by atoms with Gasteiger partial charge in [-0.3, -0.25) is 14.5 Å². The molecule has 0 fully saturated rings. The van der Waals surface area contributed by atoms with Gasteiger partial charge >= 0.3 is 0 Å². The van der Waals surface area contributed by atoms with Crippen molar-refractivity contribution in [1.82, 2.24) is 4.90 Å². The summed E-state index contributed by atoms with van der Waals surface area (Å²) in [5.74, 6) is 0.125. The molecule has 1 atom stereocenters. The summed E-state index contributed by atoms with van der Waals surface area (Å²) in [7, 11) is 3.25. The standard InChI is InChI=1S/C19H21Cl2N3O3/c1-12(19(26)23-17-8-7-13(20)9-16(17)21)24(2)11-18(25)22-14-5-4-6-15(10-14)27-3/h4-10,12H,11H2,1-3H3,(H,22,25)(H,23,26)/t12-/m1/s1. The molecule has 0 aromatic heterocycles. The Morgan fingerprint density at radius 1 is 1.15 bits per heavy atom. The molecule has 0 saturated heterocycles. The topological polar surface area (TPSA) is 70.7 Å². The molecule has 0 bridgehead atoms. The van der Waals surface area contributed by atoms with Crippen molar-refractivity contribution >= 4 is 46.4 Å². The fourth-order valence-electron chi connectivity index (χ4n) is 2.29. The van der Waals surface area contributed by atoms with Crippen molar-refractivity contribution in [3.63, 3.8) is 0 Å². The molecule has 0 unspecified atom stereocenters. The second-order valence-electron chi connectivity index (χ2n) is 5.98.